The molecule has 1 heterocycles. The van der Waals surface area contributed by atoms with Crippen LogP contribution in [0, 0.1) is 0 Å². The van der Waals surface area contributed by atoms with E-state index in [0.717, 1.165) is 6.54 Å². The molecule has 0 radical (unpaired) electrons. The molecule has 0 aliphatic carbocycles. The molecule has 0 aliphatic heterocycles. The zero-order valence-corrected chi connectivity index (χ0v) is 10.0. The van der Waals surface area contributed by atoms with Crippen molar-refractivity contribution in [2.24, 2.45) is 7.05 Å². The van der Waals surface area contributed by atoms with E-state index in [-0.39, 0.29) is 6.61 Å². The Kier molecular flexibility index (Phi) is 8.04. The molecule has 1 aromatic heterocycles. The highest BCUT2D eigenvalue weighted by Crippen LogP contribution is 2.07. The molecule has 1 rings (SSSR count). The van der Waals surface area contributed by atoms with E-state index < -0.39 is 8.25 Å². The summed E-state index contributed by atoms with van der Waals surface area (Å²) in [6.45, 7) is 5.04. The Labute approximate surface area is 89.9 Å². The van der Waals surface area contributed by atoms with Gasteiger partial charge in [-0.3, -0.25) is 0 Å². The zero-order valence-electron chi connectivity index (χ0n) is 9.12. The maximum atomic E-state index is 9.45. The van der Waals surface area contributed by atoms with Crippen LogP contribution in [0.4, 0.5) is 0 Å². The smallest absolute Gasteiger partial charge is 0.521 e. The number of nitrogens with zero attached hydrogens (tertiary/aromatic N) is 2. The van der Waals surface area contributed by atoms with Crippen LogP contribution in [-0.2, 0) is 27.7 Å². The topological polar surface area (TPSA) is 67.4 Å². The van der Waals surface area contributed by atoms with Gasteiger partial charge in [-0.1, -0.05) is 0 Å². The van der Waals surface area contributed by atoms with Gasteiger partial charge in [0.15, 0.2) is 0 Å². The Hall–Kier alpha value is -0.810. The monoisotopic (exact) mass is 235 g/mol. The van der Waals surface area contributed by atoms with Gasteiger partial charge in [0, 0.05) is 4.67 Å². The largest absolute Gasteiger partial charge is 0.565 e. The average Bonchev–Trinajstić information content (AvgIpc) is 2.62. The SMILES string of the molecule is CCOO[P+](=O)[O-].CCn1cc[n+](C)c1. The Bertz CT molecular complexity index is 290. The van der Waals surface area contributed by atoms with Crippen LogP contribution in [0.25, 0.3) is 0 Å². The summed E-state index contributed by atoms with van der Waals surface area (Å²) in [4.78, 5) is 13.4. The van der Waals surface area contributed by atoms with E-state index in [9.17, 15) is 9.46 Å². The standard InChI is InChI=1S/C6H11N2.C2H5O4P/c1-3-8-5-4-7(2)6-8;1-2-5-6-7(3)4/h4-6H,3H2,1-2H3;2H2,1H3/q+1;. The quantitative estimate of drug-likeness (QED) is 0.326. The van der Waals surface area contributed by atoms with Crippen LogP contribution in [-0.4, -0.2) is 11.2 Å². The summed E-state index contributed by atoms with van der Waals surface area (Å²) in [5.41, 5.74) is 0. The molecule has 0 N–H and O–H groups in total. The second kappa shape index (κ2) is 8.49. The van der Waals surface area contributed by atoms with Crippen molar-refractivity contribution in [3.63, 3.8) is 0 Å². The minimum absolute atomic E-state index is 0.239. The lowest BCUT2D eigenvalue weighted by atomic mass is 10.7. The third kappa shape index (κ3) is 8.20. The van der Waals surface area contributed by atoms with Crippen LogP contribution >= 0.6 is 8.25 Å². The van der Waals surface area contributed by atoms with Crippen LogP contribution in [0.15, 0.2) is 18.7 Å². The first-order chi connectivity index (χ1) is 7.10. The zero-order chi connectivity index (χ0) is 11.7. The van der Waals surface area contributed by atoms with Gasteiger partial charge in [-0.2, -0.15) is 4.89 Å². The maximum Gasteiger partial charge on any atom is 0.521 e. The predicted octanol–water partition coefficient (Wildman–Crippen LogP) is 0.305. The molecular weight excluding hydrogens is 219 g/mol. The molecule has 0 fully saturated rings. The normalized spacial score (nSPS) is 10.5. The number of aromatic nitrogens is 2. The van der Waals surface area contributed by atoms with Crippen molar-refractivity contribution in [1.29, 1.82) is 0 Å². The maximum absolute atomic E-state index is 9.45. The van der Waals surface area contributed by atoms with Crippen molar-refractivity contribution in [2.75, 3.05) is 6.61 Å². The van der Waals surface area contributed by atoms with Crippen LogP contribution in [0.3, 0.4) is 0 Å². The van der Waals surface area contributed by atoms with E-state index in [4.69, 9.17) is 0 Å². The molecule has 0 bridgehead atoms. The molecule has 1 unspecified atom stereocenters. The first kappa shape index (κ1) is 14.2. The summed E-state index contributed by atoms with van der Waals surface area (Å²) in [6.07, 6.45) is 6.14. The molecule has 6 nitrogen and oxygen atoms in total. The van der Waals surface area contributed by atoms with Crippen molar-refractivity contribution < 1.29 is 23.6 Å². The first-order valence-electron chi connectivity index (χ1n) is 4.55. The molecule has 0 amide bonds. The molecule has 1 aromatic rings. The average molecular weight is 235 g/mol. The third-order valence-corrected chi connectivity index (χ3v) is 1.65. The van der Waals surface area contributed by atoms with Crippen molar-refractivity contribution in [2.45, 2.75) is 20.4 Å². The van der Waals surface area contributed by atoms with E-state index in [1.54, 1.807) is 6.92 Å². The highest BCUT2D eigenvalue weighted by Gasteiger charge is 1.97. The van der Waals surface area contributed by atoms with Crippen LogP contribution in [0.5, 0.6) is 0 Å². The van der Waals surface area contributed by atoms with E-state index in [2.05, 4.69) is 33.6 Å². The molecule has 0 aliphatic rings. The molecule has 0 saturated heterocycles. The van der Waals surface area contributed by atoms with E-state index in [1.165, 1.54) is 0 Å². The lowest BCUT2D eigenvalue weighted by Gasteiger charge is -1.84. The summed E-state index contributed by atoms with van der Waals surface area (Å²) in [6, 6.07) is 0. The highest BCUT2D eigenvalue weighted by molar-refractivity contribution is 7.30. The van der Waals surface area contributed by atoms with Crippen LogP contribution < -0.4 is 9.46 Å². The third-order valence-electron chi connectivity index (χ3n) is 1.42. The van der Waals surface area contributed by atoms with Crippen molar-refractivity contribution >= 4 is 8.25 Å². The molecule has 0 aromatic carbocycles. The second-order valence-corrected chi connectivity index (χ2v) is 3.21. The summed E-state index contributed by atoms with van der Waals surface area (Å²) in [5, 5.41) is 0. The Morgan fingerprint density at radius 2 is 2.20 bits per heavy atom. The molecule has 7 heteroatoms. The Morgan fingerprint density at radius 3 is 2.40 bits per heavy atom. The lowest BCUT2D eigenvalue weighted by Crippen LogP contribution is -2.23. The predicted molar refractivity (Wildman–Crippen MR) is 51.6 cm³/mol. The van der Waals surface area contributed by atoms with Gasteiger partial charge in [0.1, 0.15) is 12.4 Å². The first-order valence-corrected chi connectivity index (χ1v) is 5.64. The Morgan fingerprint density at radius 1 is 1.53 bits per heavy atom. The van der Waals surface area contributed by atoms with Crippen molar-refractivity contribution in [3.05, 3.63) is 18.7 Å². The number of hydrogen-bond donors (Lipinski definition) is 0. The second-order valence-electron chi connectivity index (χ2n) is 2.61. The fourth-order valence-electron chi connectivity index (χ4n) is 0.785. The molecule has 15 heavy (non-hydrogen) atoms. The molecule has 0 spiro atoms. The van der Waals surface area contributed by atoms with Gasteiger partial charge >= 0.3 is 8.25 Å². The molecular formula is C8H16N2O4P+. The van der Waals surface area contributed by atoms with Crippen molar-refractivity contribution in [1.82, 2.24) is 4.57 Å². The summed E-state index contributed by atoms with van der Waals surface area (Å²) in [5.74, 6) is 0. The number of hydrogen-bond acceptors (Lipinski definition) is 4. The summed E-state index contributed by atoms with van der Waals surface area (Å²) in [7, 11) is -0.809. The molecule has 86 valence electrons. The van der Waals surface area contributed by atoms with Gasteiger partial charge in [-0.05, 0) is 18.4 Å². The summed E-state index contributed by atoms with van der Waals surface area (Å²) >= 11 is 0. The molecule has 1 atom stereocenters. The lowest BCUT2D eigenvalue weighted by molar-refractivity contribution is -0.671. The molecule has 0 saturated carbocycles. The van der Waals surface area contributed by atoms with E-state index >= 15 is 0 Å². The van der Waals surface area contributed by atoms with Crippen molar-refractivity contribution in [3.8, 4) is 0 Å². The number of imidazole rings is 1. The number of aryl methyl sites for hydroxylation is 2. The van der Waals surface area contributed by atoms with Crippen LogP contribution in [0.1, 0.15) is 13.8 Å². The van der Waals surface area contributed by atoms with Gasteiger partial charge in [-0.15, -0.1) is 0 Å². The highest BCUT2D eigenvalue weighted by atomic mass is 31.1. The summed E-state index contributed by atoms with van der Waals surface area (Å²) < 4.78 is 17.2. The Balaban J connectivity index is 0.000000265. The van der Waals surface area contributed by atoms with E-state index in [1.807, 2.05) is 17.8 Å². The fourth-order valence-corrected chi connectivity index (χ4v) is 0.976. The van der Waals surface area contributed by atoms with E-state index in [0.29, 0.717) is 0 Å². The van der Waals surface area contributed by atoms with Gasteiger partial charge in [0.25, 0.3) is 0 Å². The van der Waals surface area contributed by atoms with Crippen LogP contribution in [0.2, 0.25) is 0 Å². The minimum atomic E-state index is -2.83. The number of rotatable bonds is 4. The van der Waals surface area contributed by atoms with Gasteiger partial charge in [0.05, 0.1) is 20.2 Å². The van der Waals surface area contributed by atoms with Gasteiger partial charge in [0.2, 0.25) is 6.33 Å². The fraction of sp³-hybridized carbons (Fsp3) is 0.625. The van der Waals surface area contributed by atoms with Gasteiger partial charge < -0.3 is 4.89 Å². The minimum Gasteiger partial charge on any atom is -0.565 e. The van der Waals surface area contributed by atoms with Gasteiger partial charge in [-0.25, -0.2) is 9.13 Å².